The predicted octanol–water partition coefficient (Wildman–Crippen LogP) is 5.24. The standard InChI is InChI=1S/C13H12ClIS/c1-2-9-3-5-10(6-4-9)13(14)11-7-12(15)16-8-11/h3-8,13H,2H2,1H3. The van der Waals surface area contributed by atoms with Crippen LogP contribution in [0.5, 0.6) is 0 Å². The molecule has 1 unspecified atom stereocenters. The molecule has 0 amide bonds. The lowest BCUT2D eigenvalue weighted by Crippen LogP contribution is -1.91. The molecule has 0 nitrogen and oxygen atoms in total. The van der Waals surface area contributed by atoms with Gasteiger partial charge in [-0.1, -0.05) is 31.2 Å². The fraction of sp³-hybridized carbons (Fsp3) is 0.231. The van der Waals surface area contributed by atoms with Crippen molar-refractivity contribution in [1.29, 1.82) is 0 Å². The molecule has 0 saturated carbocycles. The van der Waals surface area contributed by atoms with Crippen LogP contribution in [0.15, 0.2) is 35.7 Å². The maximum Gasteiger partial charge on any atom is 0.0843 e. The van der Waals surface area contributed by atoms with Crippen LogP contribution in [0.2, 0.25) is 0 Å². The maximum absolute atomic E-state index is 6.44. The van der Waals surface area contributed by atoms with Gasteiger partial charge in [0, 0.05) is 0 Å². The summed E-state index contributed by atoms with van der Waals surface area (Å²) in [6, 6.07) is 10.7. The fourth-order valence-corrected chi connectivity index (χ4v) is 3.32. The van der Waals surface area contributed by atoms with Crippen molar-refractivity contribution in [2.75, 3.05) is 0 Å². The van der Waals surface area contributed by atoms with Crippen LogP contribution in [0, 0.1) is 2.88 Å². The lowest BCUT2D eigenvalue weighted by atomic mass is 10.0. The number of hydrogen-bond donors (Lipinski definition) is 0. The lowest BCUT2D eigenvalue weighted by Gasteiger charge is -2.08. The summed E-state index contributed by atoms with van der Waals surface area (Å²) in [5.74, 6) is 0. The number of benzene rings is 1. The quantitative estimate of drug-likeness (QED) is 0.517. The largest absolute Gasteiger partial charge is 0.137 e. The number of hydrogen-bond acceptors (Lipinski definition) is 1. The molecule has 84 valence electrons. The summed E-state index contributed by atoms with van der Waals surface area (Å²) in [7, 11) is 0. The molecule has 0 aliphatic carbocycles. The number of halogens is 2. The first-order chi connectivity index (χ1) is 7.70. The lowest BCUT2D eigenvalue weighted by molar-refractivity contribution is 1.11. The Hall–Kier alpha value is -0.0600. The van der Waals surface area contributed by atoms with Crippen LogP contribution in [0.25, 0.3) is 0 Å². The molecule has 0 N–H and O–H groups in total. The smallest absolute Gasteiger partial charge is 0.0843 e. The van der Waals surface area contributed by atoms with Gasteiger partial charge in [-0.15, -0.1) is 22.9 Å². The third kappa shape index (κ3) is 2.79. The Balaban J connectivity index is 2.23. The Kier molecular flexibility index (Phi) is 4.27. The number of thiophene rings is 1. The summed E-state index contributed by atoms with van der Waals surface area (Å²) >= 11 is 10.5. The third-order valence-electron chi connectivity index (χ3n) is 2.56. The summed E-state index contributed by atoms with van der Waals surface area (Å²) in [5.41, 5.74) is 3.72. The zero-order valence-corrected chi connectivity index (χ0v) is 12.6. The molecule has 0 aliphatic heterocycles. The number of aryl methyl sites for hydroxylation is 1. The molecule has 0 fully saturated rings. The Labute approximate surface area is 119 Å². The Morgan fingerprint density at radius 3 is 2.44 bits per heavy atom. The first-order valence-electron chi connectivity index (χ1n) is 5.17. The van der Waals surface area contributed by atoms with Crippen molar-refractivity contribution in [3.63, 3.8) is 0 Å². The van der Waals surface area contributed by atoms with E-state index in [1.54, 1.807) is 11.3 Å². The van der Waals surface area contributed by atoms with Crippen molar-refractivity contribution in [2.45, 2.75) is 18.7 Å². The van der Waals surface area contributed by atoms with Gasteiger partial charge < -0.3 is 0 Å². The van der Waals surface area contributed by atoms with Gasteiger partial charge in [-0.05, 0) is 57.1 Å². The fourth-order valence-electron chi connectivity index (χ4n) is 1.57. The van der Waals surface area contributed by atoms with Crippen LogP contribution in [-0.2, 0) is 6.42 Å². The minimum atomic E-state index is -0.0225. The molecule has 0 spiro atoms. The minimum Gasteiger partial charge on any atom is -0.137 e. The molecule has 2 aromatic rings. The molecule has 1 aromatic heterocycles. The van der Waals surface area contributed by atoms with E-state index in [-0.39, 0.29) is 5.38 Å². The molecule has 3 heteroatoms. The zero-order chi connectivity index (χ0) is 11.5. The van der Waals surface area contributed by atoms with Crippen molar-refractivity contribution in [3.05, 3.63) is 55.3 Å². The monoisotopic (exact) mass is 362 g/mol. The summed E-state index contributed by atoms with van der Waals surface area (Å²) in [6.07, 6.45) is 1.07. The van der Waals surface area contributed by atoms with Gasteiger partial charge in [-0.2, -0.15) is 0 Å². The van der Waals surface area contributed by atoms with Crippen LogP contribution in [0.1, 0.15) is 29.0 Å². The highest BCUT2D eigenvalue weighted by atomic mass is 127. The van der Waals surface area contributed by atoms with Gasteiger partial charge in [0.1, 0.15) is 0 Å². The molecular weight excluding hydrogens is 351 g/mol. The molecule has 1 heterocycles. The van der Waals surface area contributed by atoms with E-state index < -0.39 is 0 Å². The van der Waals surface area contributed by atoms with E-state index in [4.69, 9.17) is 11.6 Å². The van der Waals surface area contributed by atoms with Crippen molar-refractivity contribution in [1.82, 2.24) is 0 Å². The van der Waals surface area contributed by atoms with E-state index in [1.165, 1.54) is 19.6 Å². The van der Waals surface area contributed by atoms with Crippen molar-refractivity contribution < 1.29 is 0 Å². The Morgan fingerprint density at radius 1 is 1.25 bits per heavy atom. The van der Waals surface area contributed by atoms with Crippen LogP contribution < -0.4 is 0 Å². The molecule has 0 aliphatic rings. The second-order valence-corrected chi connectivity index (χ2v) is 6.88. The Bertz CT molecular complexity index is 461. The van der Waals surface area contributed by atoms with Crippen LogP contribution in [0.4, 0.5) is 0 Å². The highest BCUT2D eigenvalue weighted by Crippen LogP contribution is 2.32. The highest BCUT2D eigenvalue weighted by Gasteiger charge is 2.11. The van der Waals surface area contributed by atoms with Gasteiger partial charge in [0.25, 0.3) is 0 Å². The van der Waals surface area contributed by atoms with Gasteiger partial charge in [-0.3, -0.25) is 0 Å². The molecule has 1 atom stereocenters. The van der Waals surface area contributed by atoms with Crippen LogP contribution >= 0.6 is 45.5 Å². The summed E-state index contributed by atoms with van der Waals surface area (Å²) in [6.45, 7) is 2.16. The predicted molar refractivity (Wildman–Crippen MR) is 80.6 cm³/mol. The van der Waals surface area contributed by atoms with E-state index in [0.29, 0.717) is 0 Å². The maximum atomic E-state index is 6.44. The van der Waals surface area contributed by atoms with Gasteiger partial charge in [0.15, 0.2) is 0 Å². The first kappa shape index (κ1) is 12.4. The highest BCUT2D eigenvalue weighted by molar-refractivity contribution is 14.1. The first-order valence-corrected chi connectivity index (χ1v) is 7.57. The van der Waals surface area contributed by atoms with Gasteiger partial charge >= 0.3 is 0 Å². The second-order valence-electron chi connectivity index (χ2n) is 3.64. The minimum absolute atomic E-state index is 0.0225. The van der Waals surface area contributed by atoms with Crippen molar-refractivity contribution in [2.24, 2.45) is 0 Å². The molecule has 0 radical (unpaired) electrons. The van der Waals surface area contributed by atoms with Crippen LogP contribution in [0.3, 0.4) is 0 Å². The van der Waals surface area contributed by atoms with E-state index in [9.17, 15) is 0 Å². The summed E-state index contributed by atoms with van der Waals surface area (Å²) < 4.78 is 1.28. The van der Waals surface area contributed by atoms with E-state index in [0.717, 1.165) is 6.42 Å². The van der Waals surface area contributed by atoms with Gasteiger partial charge in [-0.25, -0.2) is 0 Å². The van der Waals surface area contributed by atoms with Crippen LogP contribution in [-0.4, -0.2) is 0 Å². The Morgan fingerprint density at radius 2 is 1.94 bits per heavy atom. The molecule has 16 heavy (non-hydrogen) atoms. The van der Waals surface area contributed by atoms with E-state index >= 15 is 0 Å². The average Bonchev–Trinajstić information content (AvgIpc) is 2.75. The third-order valence-corrected chi connectivity index (χ3v) is 4.87. The zero-order valence-electron chi connectivity index (χ0n) is 8.91. The summed E-state index contributed by atoms with van der Waals surface area (Å²) in [4.78, 5) is 0. The van der Waals surface area contributed by atoms with E-state index in [2.05, 4.69) is 65.2 Å². The number of alkyl halides is 1. The van der Waals surface area contributed by atoms with Gasteiger partial charge in [0.2, 0.25) is 0 Å². The van der Waals surface area contributed by atoms with Crippen molar-refractivity contribution in [3.8, 4) is 0 Å². The normalized spacial score (nSPS) is 12.7. The second kappa shape index (κ2) is 5.52. The van der Waals surface area contributed by atoms with E-state index in [1.807, 2.05) is 0 Å². The average molecular weight is 363 g/mol. The molecule has 2 rings (SSSR count). The summed E-state index contributed by atoms with van der Waals surface area (Å²) in [5, 5.41) is 2.11. The van der Waals surface area contributed by atoms with Crippen molar-refractivity contribution >= 4 is 45.5 Å². The number of rotatable bonds is 3. The SMILES string of the molecule is CCc1ccc(C(Cl)c2csc(I)c2)cc1. The molecule has 0 bridgehead atoms. The molecule has 1 aromatic carbocycles. The topological polar surface area (TPSA) is 0 Å². The molecule has 0 saturated heterocycles. The molecular formula is C13H12ClIS. The van der Waals surface area contributed by atoms with Gasteiger partial charge in [0.05, 0.1) is 8.26 Å².